The lowest BCUT2D eigenvalue weighted by molar-refractivity contribution is 0.317. The van der Waals surface area contributed by atoms with E-state index in [1.807, 2.05) is 13.2 Å². The van der Waals surface area contributed by atoms with Crippen LogP contribution in [0.5, 0.6) is 0 Å². The van der Waals surface area contributed by atoms with Crippen LogP contribution in [0.2, 0.25) is 0 Å². The fourth-order valence-electron chi connectivity index (χ4n) is 0.620. The number of rotatable bonds is 4. The molecule has 0 fully saturated rings. The highest BCUT2D eigenvalue weighted by Gasteiger charge is 2.12. The standard InChI is InChI=1S/C6H10N4OS3/c1-3(4(7)10-11)13-6-9-8-5(12-2)14-6/h3,11H,1-2H3,(H2,7,10). The van der Waals surface area contributed by atoms with Gasteiger partial charge in [0.05, 0.1) is 5.25 Å². The van der Waals surface area contributed by atoms with Crippen molar-refractivity contribution in [3.8, 4) is 0 Å². The summed E-state index contributed by atoms with van der Waals surface area (Å²) in [6, 6.07) is 0. The maximum atomic E-state index is 8.45. The van der Waals surface area contributed by atoms with Crippen molar-refractivity contribution in [1.82, 2.24) is 10.2 Å². The smallest absolute Gasteiger partial charge is 0.175 e. The van der Waals surface area contributed by atoms with Crippen molar-refractivity contribution >= 4 is 40.7 Å². The van der Waals surface area contributed by atoms with Gasteiger partial charge in [-0.15, -0.1) is 10.2 Å². The summed E-state index contributed by atoms with van der Waals surface area (Å²) in [5.41, 5.74) is 5.43. The number of amidine groups is 1. The van der Waals surface area contributed by atoms with Crippen LogP contribution in [0.1, 0.15) is 6.92 Å². The third kappa shape index (κ3) is 3.03. The van der Waals surface area contributed by atoms with Crippen LogP contribution < -0.4 is 5.73 Å². The average Bonchev–Trinajstić information content (AvgIpc) is 2.64. The van der Waals surface area contributed by atoms with Crippen LogP contribution >= 0.6 is 34.9 Å². The minimum Gasteiger partial charge on any atom is -0.409 e. The van der Waals surface area contributed by atoms with Crippen molar-refractivity contribution in [2.45, 2.75) is 20.9 Å². The number of oxime groups is 1. The van der Waals surface area contributed by atoms with E-state index in [9.17, 15) is 0 Å². The lowest BCUT2D eigenvalue weighted by Gasteiger charge is -2.04. The van der Waals surface area contributed by atoms with Crippen molar-refractivity contribution in [3.63, 3.8) is 0 Å². The van der Waals surface area contributed by atoms with E-state index in [-0.39, 0.29) is 11.1 Å². The summed E-state index contributed by atoms with van der Waals surface area (Å²) in [6.45, 7) is 1.85. The van der Waals surface area contributed by atoms with Gasteiger partial charge in [0.1, 0.15) is 0 Å². The lowest BCUT2D eigenvalue weighted by Crippen LogP contribution is -2.23. The first-order valence-corrected chi connectivity index (χ1v) is 6.61. The molecule has 78 valence electrons. The normalized spacial score (nSPS) is 14.3. The number of nitrogens with zero attached hydrogens (tertiary/aromatic N) is 3. The summed E-state index contributed by atoms with van der Waals surface area (Å²) >= 11 is 4.48. The SMILES string of the molecule is CSc1nnc(SC(C)C(N)=NO)s1. The molecule has 0 bridgehead atoms. The van der Waals surface area contributed by atoms with Crippen LogP contribution in [-0.2, 0) is 0 Å². The molecule has 0 aliphatic rings. The van der Waals surface area contributed by atoms with E-state index >= 15 is 0 Å². The van der Waals surface area contributed by atoms with Crippen LogP contribution in [0.3, 0.4) is 0 Å². The highest BCUT2D eigenvalue weighted by Crippen LogP contribution is 2.29. The molecular formula is C6H10N4OS3. The quantitative estimate of drug-likeness (QED) is 0.277. The molecule has 0 aromatic carbocycles. The van der Waals surface area contributed by atoms with Crippen molar-refractivity contribution in [1.29, 1.82) is 0 Å². The van der Waals surface area contributed by atoms with E-state index in [4.69, 9.17) is 10.9 Å². The van der Waals surface area contributed by atoms with Gasteiger partial charge >= 0.3 is 0 Å². The van der Waals surface area contributed by atoms with Crippen molar-refractivity contribution in [3.05, 3.63) is 0 Å². The van der Waals surface area contributed by atoms with Crippen molar-refractivity contribution in [2.75, 3.05) is 6.26 Å². The molecule has 3 N–H and O–H groups in total. The third-order valence-electron chi connectivity index (χ3n) is 1.37. The molecule has 0 saturated heterocycles. The van der Waals surface area contributed by atoms with Gasteiger partial charge in [0.2, 0.25) is 0 Å². The van der Waals surface area contributed by atoms with E-state index in [1.54, 1.807) is 11.8 Å². The molecule has 1 heterocycles. The molecule has 1 unspecified atom stereocenters. The highest BCUT2D eigenvalue weighted by molar-refractivity contribution is 8.03. The van der Waals surface area contributed by atoms with Gasteiger partial charge in [-0.3, -0.25) is 0 Å². The second-order valence-electron chi connectivity index (χ2n) is 2.32. The molecule has 0 aliphatic heterocycles. The number of thioether (sulfide) groups is 2. The third-order valence-corrected chi connectivity index (χ3v) is 4.48. The summed E-state index contributed by atoms with van der Waals surface area (Å²) in [5, 5.41) is 19.2. The predicted molar refractivity (Wildman–Crippen MR) is 60.4 cm³/mol. The van der Waals surface area contributed by atoms with Gasteiger partial charge in [0, 0.05) is 0 Å². The number of aromatic nitrogens is 2. The molecular weight excluding hydrogens is 240 g/mol. The van der Waals surface area contributed by atoms with Gasteiger partial charge in [-0.25, -0.2) is 0 Å². The van der Waals surface area contributed by atoms with Crippen molar-refractivity contribution in [2.24, 2.45) is 10.9 Å². The molecule has 0 radical (unpaired) electrons. The molecule has 5 nitrogen and oxygen atoms in total. The summed E-state index contributed by atoms with van der Waals surface area (Å²) in [7, 11) is 0. The van der Waals surface area contributed by atoms with Crippen LogP contribution in [0.4, 0.5) is 0 Å². The predicted octanol–water partition coefficient (Wildman–Crippen LogP) is 1.49. The van der Waals surface area contributed by atoms with Gasteiger partial charge in [-0.2, -0.15) is 0 Å². The molecule has 8 heteroatoms. The molecule has 1 aromatic heterocycles. The maximum Gasteiger partial charge on any atom is 0.175 e. The van der Waals surface area contributed by atoms with Gasteiger partial charge in [0.25, 0.3) is 0 Å². The Balaban J connectivity index is 2.60. The minimum absolute atomic E-state index is 0.0948. The average molecular weight is 250 g/mol. The summed E-state index contributed by atoms with van der Waals surface area (Å²) in [5.74, 6) is 0.191. The van der Waals surface area contributed by atoms with Crippen molar-refractivity contribution < 1.29 is 5.21 Å². The Morgan fingerprint density at radius 2 is 2.21 bits per heavy atom. The van der Waals surface area contributed by atoms with Crippen LogP contribution in [-0.4, -0.2) is 32.7 Å². The fraction of sp³-hybridized carbons (Fsp3) is 0.500. The monoisotopic (exact) mass is 250 g/mol. The van der Waals surface area contributed by atoms with Crippen LogP contribution in [0.15, 0.2) is 13.8 Å². The summed E-state index contributed by atoms with van der Waals surface area (Å²) in [4.78, 5) is 0. The number of nitrogens with two attached hydrogens (primary N) is 1. The Hall–Kier alpha value is -0.470. The Labute approximate surface area is 94.2 Å². The van der Waals surface area contributed by atoms with E-state index in [2.05, 4.69) is 15.4 Å². The Kier molecular flexibility index (Phi) is 4.49. The topological polar surface area (TPSA) is 84.4 Å². The Bertz CT molecular complexity index is 327. The second kappa shape index (κ2) is 5.42. The molecule has 0 amide bonds. The summed E-state index contributed by atoms with van der Waals surface area (Å²) in [6.07, 6.45) is 1.95. The molecule has 0 spiro atoms. The highest BCUT2D eigenvalue weighted by atomic mass is 32.2. The largest absolute Gasteiger partial charge is 0.409 e. The van der Waals surface area contributed by atoms with Crippen LogP contribution in [0, 0.1) is 0 Å². The molecule has 1 atom stereocenters. The Morgan fingerprint density at radius 1 is 1.57 bits per heavy atom. The van der Waals surface area contributed by atoms with E-state index in [1.165, 1.54) is 23.1 Å². The van der Waals surface area contributed by atoms with Gasteiger partial charge < -0.3 is 10.9 Å². The van der Waals surface area contributed by atoms with Crippen LogP contribution in [0.25, 0.3) is 0 Å². The molecule has 14 heavy (non-hydrogen) atoms. The first-order chi connectivity index (χ1) is 6.67. The Morgan fingerprint density at radius 3 is 2.71 bits per heavy atom. The molecule has 0 aliphatic carbocycles. The summed E-state index contributed by atoms with van der Waals surface area (Å²) < 4.78 is 1.74. The van der Waals surface area contributed by atoms with Gasteiger partial charge in [0.15, 0.2) is 14.5 Å². The maximum absolute atomic E-state index is 8.45. The zero-order valence-corrected chi connectivity index (χ0v) is 10.1. The lowest BCUT2D eigenvalue weighted by atomic mass is 10.4. The van der Waals surface area contributed by atoms with Gasteiger partial charge in [-0.1, -0.05) is 40.0 Å². The first-order valence-electron chi connectivity index (χ1n) is 3.69. The molecule has 0 saturated carbocycles. The van der Waals surface area contributed by atoms with Gasteiger partial charge in [-0.05, 0) is 13.2 Å². The van der Waals surface area contributed by atoms with E-state index in [0.29, 0.717) is 0 Å². The number of hydrogen-bond donors (Lipinski definition) is 2. The second-order valence-corrected chi connectivity index (χ2v) is 5.94. The minimum atomic E-state index is -0.0948. The first kappa shape index (κ1) is 11.6. The fourth-order valence-corrected chi connectivity index (χ4v) is 3.20. The number of hydrogen-bond acceptors (Lipinski definition) is 7. The molecule has 1 rings (SSSR count). The molecule has 1 aromatic rings. The van der Waals surface area contributed by atoms with E-state index < -0.39 is 0 Å². The van der Waals surface area contributed by atoms with E-state index in [0.717, 1.165) is 8.68 Å². The zero-order chi connectivity index (χ0) is 10.6. The zero-order valence-electron chi connectivity index (χ0n) is 7.67.